The summed E-state index contributed by atoms with van der Waals surface area (Å²) in [5.74, 6) is -0.456. The van der Waals surface area contributed by atoms with Gasteiger partial charge in [-0.1, -0.05) is 74.0 Å². The molecule has 0 radical (unpaired) electrons. The van der Waals surface area contributed by atoms with Crippen LogP contribution in [0.25, 0.3) is 0 Å². The molecule has 0 heterocycles. The van der Waals surface area contributed by atoms with Crippen molar-refractivity contribution in [3.63, 3.8) is 0 Å². The van der Waals surface area contributed by atoms with Crippen LogP contribution in [0.5, 0.6) is 0 Å². The fourth-order valence-corrected chi connectivity index (χ4v) is 3.70. The van der Waals surface area contributed by atoms with Gasteiger partial charge in [-0.2, -0.15) is 0 Å². The average molecular weight is 266 g/mol. The highest BCUT2D eigenvalue weighted by Crippen LogP contribution is 2.67. The molecule has 0 aliphatic heterocycles. The summed E-state index contributed by atoms with van der Waals surface area (Å²) in [5, 5.41) is 9.89. The van der Waals surface area contributed by atoms with Crippen LogP contribution in [0.3, 0.4) is 0 Å². The number of hydrogen-bond donors (Lipinski definition) is 1. The first-order valence-corrected chi connectivity index (χ1v) is 7.06. The summed E-state index contributed by atoms with van der Waals surface area (Å²) >= 11 is 0. The van der Waals surface area contributed by atoms with Gasteiger partial charge in [0.25, 0.3) is 0 Å². The summed E-state index contributed by atoms with van der Waals surface area (Å²) in [7, 11) is 0. The summed E-state index contributed by atoms with van der Waals surface area (Å²) in [5.41, 5.74) is 1.30. The first kappa shape index (κ1) is 12.9. The number of carboxylic acids is 1. The third-order valence-corrected chi connectivity index (χ3v) is 4.57. The van der Waals surface area contributed by atoms with Gasteiger partial charge < -0.3 is 5.11 Å². The van der Waals surface area contributed by atoms with Crippen molar-refractivity contribution >= 4 is 5.97 Å². The van der Waals surface area contributed by atoms with Crippen LogP contribution >= 0.6 is 0 Å². The molecule has 3 rings (SSSR count). The second kappa shape index (κ2) is 4.78. The highest BCUT2D eigenvalue weighted by atomic mass is 16.4. The lowest BCUT2D eigenvalue weighted by Crippen LogP contribution is -2.24. The van der Waals surface area contributed by atoms with Gasteiger partial charge in [-0.25, -0.2) is 0 Å². The SMILES string of the molecule is CC[C@@H]1C(c2ccccc2)[C@@]1(C(=O)O)c1ccccc1. The molecule has 0 bridgehead atoms. The maximum atomic E-state index is 12.0. The van der Waals surface area contributed by atoms with Gasteiger partial charge in [0.05, 0.1) is 0 Å². The van der Waals surface area contributed by atoms with Gasteiger partial charge in [-0.3, -0.25) is 4.79 Å². The van der Waals surface area contributed by atoms with E-state index in [-0.39, 0.29) is 11.8 Å². The van der Waals surface area contributed by atoms with Crippen LogP contribution in [0.2, 0.25) is 0 Å². The molecule has 0 aromatic heterocycles. The van der Waals surface area contributed by atoms with E-state index < -0.39 is 11.4 Å². The van der Waals surface area contributed by atoms with Crippen molar-refractivity contribution in [2.75, 3.05) is 0 Å². The van der Waals surface area contributed by atoms with Crippen molar-refractivity contribution in [3.05, 3.63) is 71.8 Å². The fourth-order valence-electron chi connectivity index (χ4n) is 3.70. The molecule has 1 aliphatic rings. The Morgan fingerprint density at radius 2 is 1.60 bits per heavy atom. The number of rotatable bonds is 4. The van der Waals surface area contributed by atoms with Crippen LogP contribution in [0, 0.1) is 5.92 Å². The molecule has 1 N–H and O–H groups in total. The molecule has 0 amide bonds. The van der Waals surface area contributed by atoms with Crippen molar-refractivity contribution in [3.8, 4) is 0 Å². The summed E-state index contributed by atoms with van der Waals surface area (Å²) in [6.45, 7) is 2.08. The highest BCUT2D eigenvalue weighted by molar-refractivity contribution is 5.89. The Labute approximate surface area is 119 Å². The fraction of sp³-hybridized carbons (Fsp3) is 0.278. The molecule has 102 valence electrons. The van der Waals surface area contributed by atoms with Crippen molar-refractivity contribution < 1.29 is 9.90 Å². The predicted molar refractivity (Wildman–Crippen MR) is 78.7 cm³/mol. The van der Waals surface area contributed by atoms with Crippen LogP contribution in [0.1, 0.15) is 30.4 Å². The van der Waals surface area contributed by atoms with Gasteiger partial charge in [-0.15, -0.1) is 0 Å². The lowest BCUT2D eigenvalue weighted by atomic mass is 9.89. The van der Waals surface area contributed by atoms with Gasteiger partial charge in [0.15, 0.2) is 0 Å². The summed E-state index contributed by atoms with van der Waals surface area (Å²) in [6, 6.07) is 19.7. The Bertz CT molecular complexity index is 606. The zero-order valence-corrected chi connectivity index (χ0v) is 11.5. The topological polar surface area (TPSA) is 37.3 Å². The Balaban J connectivity index is 2.10. The summed E-state index contributed by atoms with van der Waals surface area (Å²) in [6.07, 6.45) is 0.876. The Morgan fingerprint density at radius 1 is 1.05 bits per heavy atom. The van der Waals surface area contributed by atoms with Crippen LogP contribution in [-0.4, -0.2) is 11.1 Å². The lowest BCUT2D eigenvalue weighted by molar-refractivity contribution is -0.140. The van der Waals surface area contributed by atoms with Crippen molar-refractivity contribution in [2.45, 2.75) is 24.7 Å². The van der Waals surface area contributed by atoms with Gasteiger partial charge in [0, 0.05) is 5.92 Å². The molecule has 2 nitrogen and oxygen atoms in total. The average Bonchev–Trinajstić information content (AvgIpc) is 3.19. The molecule has 2 heteroatoms. The van der Waals surface area contributed by atoms with Crippen LogP contribution < -0.4 is 0 Å². The number of carbonyl (C=O) groups is 1. The minimum atomic E-state index is -0.753. The van der Waals surface area contributed by atoms with E-state index in [0.717, 1.165) is 17.5 Å². The van der Waals surface area contributed by atoms with Gasteiger partial charge in [0.1, 0.15) is 5.41 Å². The first-order valence-electron chi connectivity index (χ1n) is 7.06. The molecule has 1 unspecified atom stereocenters. The molecule has 0 saturated heterocycles. The van der Waals surface area contributed by atoms with Gasteiger partial charge in [-0.05, 0) is 17.0 Å². The van der Waals surface area contributed by atoms with E-state index in [9.17, 15) is 9.90 Å². The maximum absolute atomic E-state index is 12.0. The van der Waals surface area contributed by atoms with Gasteiger partial charge in [0.2, 0.25) is 0 Å². The zero-order chi connectivity index (χ0) is 14.2. The Hall–Kier alpha value is -2.09. The van der Waals surface area contributed by atoms with Crippen LogP contribution in [0.15, 0.2) is 60.7 Å². The molecule has 2 aromatic rings. The maximum Gasteiger partial charge on any atom is 0.315 e. The van der Waals surface area contributed by atoms with Crippen LogP contribution in [0.4, 0.5) is 0 Å². The summed E-state index contributed by atoms with van der Waals surface area (Å²) < 4.78 is 0. The van der Waals surface area contributed by atoms with Crippen molar-refractivity contribution in [1.82, 2.24) is 0 Å². The van der Waals surface area contributed by atoms with E-state index in [0.29, 0.717) is 0 Å². The quantitative estimate of drug-likeness (QED) is 0.913. The molecular formula is C18H18O2. The molecule has 1 aliphatic carbocycles. The molecule has 0 spiro atoms. The van der Waals surface area contributed by atoms with E-state index in [1.807, 2.05) is 60.7 Å². The van der Waals surface area contributed by atoms with E-state index in [4.69, 9.17) is 0 Å². The van der Waals surface area contributed by atoms with Crippen LogP contribution in [-0.2, 0) is 10.2 Å². The minimum absolute atomic E-state index is 0.0774. The number of hydrogen-bond acceptors (Lipinski definition) is 1. The highest BCUT2D eigenvalue weighted by Gasteiger charge is 2.70. The van der Waals surface area contributed by atoms with E-state index >= 15 is 0 Å². The largest absolute Gasteiger partial charge is 0.481 e. The lowest BCUT2D eigenvalue weighted by Gasteiger charge is -2.14. The van der Waals surface area contributed by atoms with E-state index in [2.05, 4.69) is 6.92 Å². The zero-order valence-electron chi connectivity index (χ0n) is 11.5. The van der Waals surface area contributed by atoms with E-state index in [1.54, 1.807) is 0 Å². The molecular weight excluding hydrogens is 248 g/mol. The number of carboxylic acid groups (broad SMARTS) is 1. The monoisotopic (exact) mass is 266 g/mol. The third kappa shape index (κ3) is 1.68. The second-order valence-electron chi connectivity index (χ2n) is 5.44. The first-order chi connectivity index (χ1) is 9.72. The molecule has 3 atom stereocenters. The standard InChI is InChI=1S/C18H18O2/c1-2-15-16(13-9-5-3-6-10-13)18(15,17(19)20)14-11-7-4-8-12-14/h3-12,15-16H,2H2,1H3,(H,19,20)/t15-,16?,18-/m1/s1. The van der Waals surface area contributed by atoms with E-state index in [1.165, 1.54) is 0 Å². The number of benzene rings is 2. The smallest absolute Gasteiger partial charge is 0.315 e. The Kier molecular flexibility index (Phi) is 3.09. The van der Waals surface area contributed by atoms with Crippen molar-refractivity contribution in [2.24, 2.45) is 5.92 Å². The predicted octanol–water partition coefficient (Wildman–Crippen LogP) is 3.83. The Morgan fingerprint density at radius 3 is 2.10 bits per heavy atom. The number of aliphatic carboxylic acids is 1. The second-order valence-corrected chi connectivity index (χ2v) is 5.44. The molecule has 1 fully saturated rings. The molecule has 20 heavy (non-hydrogen) atoms. The summed E-state index contributed by atoms with van der Waals surface area (Å²) in [4.78, 5) is 12.0. The minimum Gasteiger partial charge on any atom is -0.481 e. The van der Waals surface area contributed by atoms with Crippen molar-refractivity contribution in [1.29, 1.82) is 0 Å². The normalized spacial score (nSPS) is 28.1. The van der Waals surface area contributed by atoms with Gasteiger partial charge >= 0.3 is 5.97 Å². The molecule has 1 saturated carbocycles. The third-order valence-electron chi connectivity index (χ3n) is 4.57. The molecule has 2 aromatic carbocycles.